The van der Waals surface area contributed by atoms with Crippen molar-refractivity contribution in [3.05, 3.63) is 0 Å². The Kier molecular flexibility index (Phi) is 63.6. The summed E-state index contributed by atoms with van der Waals surface area (Å²) in [7, 11) is 0. The number of carbonyl (C=O) groups is 3. The summed E-state index contributed by atoms with van der Waals surface area (Å²) < 4.78 is 16.9. The van der Waals surface area contributed by atoms with E-state index in [1.807, 2.05) is 0 Å². The Labute approximate surface area is 469 Å². The van der Waals surface area contributed by atoms with E-state index < -0.39 is 6.10 Å². The van der Waals surface area contributed by atoms with Gasteiger partial charge in [0, 0.05) is 19.3 Å². The zero-order valence-corrected chi connectivity index (χ0v) is 51.4. The van der Waals surface area contributed by atoms with Gasteiger partial charge in [-0.3, -0.25) is 14.4 Å². The number of rotatable bonds is 65. The van der Waals surface area contributed by atoms with Gasteiger partial charge in [-0.2, -0.15) is 0 Å². The fraction of sp³-hybridized carbons (Fsp3) is 0.957. The van der Waals surface area contributed by atoms with Crippen LogP contribution < -0.4 is 0 Å². The zero-order chi connectivity index (χ0) is 54.3. The summed E-state index contributed by atoms with van der Waals surface area (Å²) in [6.45, 7) is 6.70. The van der Waals surface area contributed by atoms with Crippen molar-refractivity contribution in [2.45, 2.75) is 412 Å². The van der Waals surface area contributed by atoms with Crippen molar-refractivity contribution in [3.63, 3.8) is 0 Å². The van der Waals surface area contributed by atoms with Crippen molar-refractivity contribution < 1.29 is 28.6 Å². The molecule has 75 heavy (non-hydrogen) atoms. The molecule has 0 saturated carbocycles. The summed E-state index contributed by atoms with van der Waals surface area (Å²) in [4.78, 5) is 38.2. The molecule has 6 nitrogen and oxygen atoms in total. The van der Waals surface area contributed by atoms with Gasteiger partial charge in [-0.05, 0) is 19.3 Å². The molecule has 0 aromatic rings. The molecule has 0 fully saturated rings. The third-order valence-corrected chi connectivity index (χ3v) is 16.1. The molecule has 0 rings (SSSR count). The van der Waals surface area contributed by atoms with E-state index in [1.54, 1.807) is 0 Å². The predicted molar refractivity (Wildman–Crippen MR) is 326 cm³/mol. The predicted octanol–water partition coefficient (Wildman–Crippen LogP) is 23.5. The van der Waals surface area contributed by atoms with Crippen LogP contribution in [0.2, 0.25) is 0 Å². The van der Waals surface area contributed by atoms with Gasteiger partial charge in [-0.1, -0.05) is 367 Å². The van der Waals surface area contributed by atoms with Gasteiger partial charge in [0.1, 0.15) is 13.2 Å². The van der Waals surface area contributed by atoms with Crippen LogP contribution in [0.5, 0.6) is 0 Å². The molecular formula is C69H134O6. The molecule has 6 heteroatoms. The summed E-state index contributed by atoms with van der Waals surface area (Å²) in [5.74, 6) is -0.830. The van der Waals surface area contributed by atoms with Crippen LogP contribution in [0.3, 0.4) is 0 Å². The Bertz CT molecular complexity index is 1120. The average molecular weight is 1060 g/mol. The second-order valence-corrected chi connectivity index (χ2v) is 23.8. The molecule has 0 radical (unpaired) electrons. The van der Waals surface area contributed by atoms with Gasteiger partial charge in [0.2, 0.25) is 0 Å². The standard InChI is InChI=1S/C69H134O6/c1-4-7-10-13-16-19-21-23-25-27-29-31-33-34-35-36-37-39-40-42-44-46-48-50-53-56-59-62-68(71)74-65-66(64-73-67(70)61-58-55-52-18-15-12-9-6-3)75-69(72)63-60-57-54-51-49-47-45-43-41-38-32-30-28-26-24-22-20-17-14-11-8-5-2/h66H,4-65H2,1-3H3. The molecule has 0 spiro atoms. The number of ether oxygens (including phenoxy) is 3. The molecule has 0 aliphatic rings. The van der Waals surface area contributed by atoms with Crippen molar-refractivity contribution in [2.24, 2.45) is 0 Å². The molecule has 0 amide bonds. The van der Waals surface area contributed by atoms with Crippen molar-refractivity contribution in [1.29, 1.82) is 0 Å². The van der Waals surface area contributed by atoms with E-state index in [0.29, 0.717) is 19.3 Å². The van der Waals surface area contributed by atoms with E-state index >= 15 is 0 Å². The molecule has 0 bridgehead atoms. The van der Waals surface area contributed by atoms with Crippen molar-refractivity contribution in [3.8, 4) is 0 Å². The van der Waals surface area contributed by atoms with Crippen molar-refractivity contribution in [2.75, 3.05) is 13.2 Å². The van der Waals surface area contributed by atoms with Crippen molar-refractivity contribution in [1.82, 2.24) is 0 Å². The van der Waals surface area contributed by atoms with E-state index in [1.165, 1.54) is 308 Å². The fourth-order valence-electron chi connectivity index (χ4n) is 10.9. The monoisotopic (exact) mass is 1060 g/mol. The van der Waals surface area contributed by atoms with Gasteiger partial charge in [0.25, 0.3) is 0 Å². The second kappa shape index (κ2) is 64.9. The normalized spacial score (nSPS) is 11.9. The summed E-state index contributed by atoms with van der Waals surface area (Å²) in [5, 5.41) is 0. The first kappa shape index (κ1) is 73.4. The smallest absolute Gasteiger partial charge is 0.306 e. The van der Waals surface area contributed by atoms with E-state index in [-0.39, 0.29) is 31.1 Å². The van der Waals surface area contributed by atoms with E-state index in [9.17, 15) is 14.4 Å². The summed E-state index contributed by atoms with van der Waals surface area (Å²) in [6, 6.07) is 0. The first-order valence-electron chi connectivity index (χ1n) is 34.5. The lowest BCUT2D eigenvalue weighted by Gasteiger charge is -2.18. The molecule has 1 atom stereocenters. The maximum Gasteiger partial charge on any atom is 0.306 e. The van der Waals surface area contributed by atoms with Gasteiger partial charge in [0.15, 0.2) is 6.10 Å². The molecule has 446 valence electrons. The van der Waals surface area contributed by atoms with Crippen LogP contribution in [-0.4, -0.2) is 37.2 Å². The van der Waals surface area contributed by atoms with Crippen LogP contribution in [0.15, 0.2) is 0 Å². The Morgan fingerprint density at radius 1 is 0.213 bits per heavy atom. The van der Waals surface area contributed by atoms with Gasteiger partial charge < -0.3 is 14.2 Å². The van der Waals surface area contributed by atoms with Crippen LogP contribution in [0.1, 0.15) is 406 Å². The Morgan fingerprint density at radius 2 is 0.360 bits per heavy atom. The molecule has 0 aromatic heterocycles. The number of hydrogen-bond acceptors (Lipinski definition) is 6. The molecular weight excluding hydrogens is 925 g/mol. The third kappa shape index (κ3) is 63.1. The fourth-order valence-corrected chi connectivity index (χ4v) is 10.9. The zero-order valence-electron chi connectivity index (χ0n) is 51.4. The summed E-state index contributed by atoms with van der Waals surface area (Å²) in [5.41, 5.74) is 0. The van der Waals surface area contributed by atoms with Crippen LogP contribution in [0.25, 0.3) is 0 Å². The lowest BCUT2D eigenvalue weighted by Crippen LogP contribution is -2.30. The first-order chi connectivity index (χ1) is 37.0. The minimum Gasteiger partial charge on any atom is -0.462 e. The van der Waals surface area contributed by atoms with Gasteiger partial charge >= 0.3 is 17.9 Å². The third-order valence-electron chi connectivity index (χ3n) is 16.1. The minimum absolute atomic E-state index is 0.0610. The molecule has 0 saturated heterocycles. The second-order valence-electron chi connectivity index (χ2n) is 23.8. The molecule has 1 unspecified atom stereocenters. The van der Waals surface area contributed by atoms with Gasteiger partial charge in [0.05, 0.1) is 0 Å². The Morgan fingerprint density at radius 3 is 0.533 bits per heavy atom. The molecule has 0 heterocycles. The maximum absolute atomic E-state index is 12.9. The van der Waals surface area contributed by atoms with Gasteiger partial charge in [-0.15, -0.1) is 0 Å². The molecule has 0 aliphatic heterocycles. The van der Waals surface area contributed by atoms with Crippen LogP contribution in [-0.2, 0) is 28.6 Å². The number of esters is 3. The highest BCUT2D eigenvalue weighted by Crippen LogP contribution is 2.19. The van der Waals surface area contributed by atoms with Crippen LogP contribution in [0, 0.1) is 0 Å². The highest BCUT2D eigenvalue weighted by Gasteiger charge is 2.19. The summed E-state index contributed by atoms with van der Waals surface area (Å²) >= 11 is 0. The highest BCUT2D eigenvalue weighted by atomic mass is 16.6. The summed E-state index contributed by atoms with van der Waals surface area (Å²) in [6.07, 6.45) is 75.9. The number of unbranched alkanes of at least 4 members (excludes halogenated alkanes) is 54. The number of hydrogen-bond donors (Lipinski definition) is 0. The highest BCUT2D eigenvalue weighted by molar-refractivity contribution is 5.71. The average Bonchev–Trinajstić information content (AvgIpc) is 3.41. The Hall–Kier alpha value is -1.59. The number of carbonyl (C=O) groups excluding carboxylic acids is 3. The SMILES string of the molecule is CCCCCCCCCCCCCCCCCCCCCCCCCCCCCC(=O)OCC(COC(=O)CCCCCCCCCC)OC(=O)CCCCCCCCCCCCCCCCCCCCCCCC. The van der Waals surface area contributed by atoms with E-state index in [2.05, 4.69) is 20.8 Å². The lowest BCUT2D eigenvalue weighted by atomic mass is 10.0. The lowest BCUT2D eigenvalue weighted by molar-refractivity contribution is -0.167. The van der Waals surface area contributed by atoms with Crippen LogP contribution >= 0.6 is 0 Å². The minimum atomic E-state index is -0.762. The van der Waals surface area contributed by atoms with Crippen molar-refractivity contribution >= 4 is 17.9 Å². The first-order valence-corrected chi connectivity index (χ1v) is 34.5. The van der Waals surface area contributed by atoms with E-state index in [4.69, 9.17) is 14.2 Å². The molecule has 0 aliphatic carbocycles. The quantitative estimate of drug-likeness (QED) is 0.0343. The largest absolute Gasteiger partial charge is 0.462 e. The van der Waals surface area contributed by atoms with Gasteiger partial charge in [-0.25, -0.2) is 0 Å². The topological polar surface area (TPSA) is 78.9 Å². The maximum atomic E-state index is 12.9. The van der Waals surface area contributed by atoms with Crippen LogP contribution in [0.4, 0.5) is 0 Å². The molecule has 0 N–H and O–H groups in total. The molecule has 0 aromatic carbocycles. The van der Waals surface area contributed by atoms with E-state index in [0.717, 1.165) is 57.8 Å². The Balaban J connectivity index is 4.04.